The van der Waals surface area contributed by atoms with Crippen LogP contribution in [0, 0.1) is 0 Å². The molecule has 1 aliphatic carbocycles. The first-order chi connectivity index (χ1) is 14.2. The van der Waals surface area contributed by atoms with E-state index in [1.165, 1.54) is 17.7 Å². The maximum absolute atomic E-state index is 4.34. The van der Waals surface area contributed by atoms with Gasteiger partial charge in [-0.25, -0.2) is 9.97 Å². The molecular weight excluding hydrogens is 511 g/mol. The van der Waals surface area contributed by atoms with Crippen LogP contribution in [0.3, 0.4) is 0 Å². The highest BCUT2D eigenvalue weighted by atomic mass is 127. The average molecular weight is 538 g/mol. The molecule has 10 heteroatoms. The van der Waals surface area contributed by atoms with Crippen LogP contribution in [0.4, 0.5) is 5.82 Å². The quantitative estimate of drug-likeness (QED) is 0.176. The number of aliphatic imine (C=N–C) groups is 1. The van der Waals surface area contributed by atoms with E-state index in [0.29, 0.717) is 6.54 Å². The molecule has 3 N–H and O–H groups in total. The molecular formula is C20H27IN8S. The van der Waals surface area contributed by atoms with Gasteiger partial charge in [0.2, 0.25) is 0 Å². The zero-order chi connectivity index (χ0) is 20.1. The molecule has 0 aliphatic heterocycles. The number of anilines is 1. The lowest BCUT2D eigenvalue weighted by Crippen LogP contribution is -2.42. The molecule has 4 rings (SSSR count). The summed E-state index contributed by atoms with van der Waals surface area (Å²) in [7, 11) is 3.68. The highest BCUT2D eigenvalue weighted by Gasteiger charge is 2.43. The molecule has 0 unspecified atom stereocenters. The third-order valence-electron chi connectivity index (χ3n) is 4.93. The minimum absolute atomic E-state index is 0. The summed E-state index contributed by atoms with van der Waals surface area (Å²) in [5, 5.41) is 15.3. The van der Waals surface area contributed by atoms with Crippen molar-refractivity contribution in [1.29, 1.82) is 0 Å². The highest BCUT2D eigenvalue weighted by molar-refractivity contribution is 14.0. The monoisotopic (exact) mass is 538 g/mol. The van der Waals surface area contributed by atoms with E-state index in [1.807, 2.05) is 18.8 Å². The molecule has 0 saturated heterocycles. The lowest BCUT2D eigenvalue weighted by atomic mass is 10.4. The largest absolute Gasteiger partial charge is 0.368 e. The van der Waals surface area contributed by atoms with E-state index in [-0.39, 0.29) is 28.7 Å². The number of thioether (sulfide) groups is 1. The summed E-state index contributed by atoms with van der Waals surface area (Å²) in [5.74, 6) is 1.62. The summed E-state index contributed by atoms with van der Waals surface area (Å²) in [6.45, 7) is 2.34. The zero-order valence-corrected chi connectivity index (χ0v) is 20.3. The van der Waals surface area contributed by atoms with Gasteiger partial charge in [0.1, 0.15) is 12.1 Å². The van der Waals surface area contributed by atoms with Crippen molar-refractivity contribution < 1.29 is 0 Å². The van der Waals surface area contributed by atoms with E-state index in [1.54, 1.807) is 24.3 Å². The highest BCUT2D eigenvalue weighted by Crippen LogP contribution is 2.51. The molecule has 1 aromatic carbocycles. The molecule has 0 radical (unpaired) electrons. The topological polar surface area (TPSA) is 92.1 Å². The van der Waals surface area contributed by atoms with Crippen LogP contribution in [-0.2, 0) is 7.05 Å². The van der Waals surface area contributed by atoms with Crippen LogP contribution in [0.15, 0.2) is 52.7 Å². The summed E-state index contributed by atoms with van der Waals surface area (Å²) in [6, 6.07) is 10.6. The molecule has 1 saturated carbocycles. The van der Waals surface area contributed by atoms with Crippen molar-refractivity contribution in [3.8, 4) is 0 Å². The first-order valence-corrected chi connectivity index (χ1v) is 10.6. The minimum atomic E-state index is 0. The number of benzene rings is 1. The van der Waals surface area contributed by atoms with Crippen LogP contribution >= 0.6 is 35.7 Å². The Balaban J connectivity index is 0.00000256. The standard InChI is InChI=1S/C20H26N8S.HI/c1-21-19(24-13-20(8-9-20)29-15-6-4-3-5-7-15)23-11-10-22-17-16-12-27-28(2)18(16)26-14-25-17;/h3-7,12,14H,8-11,13H2,1-2H3,(H2,21,23,24)(H,22,25,26);1H. The van der Waals surface area contributed by atoms with Gasteiger partial charge < -0.3 is 16.0 Å². The van der Waals surface area contributed by atoms with Crippen molar-refractivity contribution in [3.63, 3.8) is 0 Å². The van der Waals surface area contributed by atoms with E-state index >= 15 is 0 Å². The molecule has 2 aromatic heterocycles. The van der Waals surface area contributed by atoms with E-state index in [4.69, 9.17) is 0 Å². The second-order valence-corrected chi connectivity index (χ2v) is 8.65. The number of nitrogens with zero attached hydrogens (tertiary/aromatic N) is 5. The third kappa shape index (κ3) is 5.54. The Morgan fingerprint density at radius 3 is 2.70 bits per heavy atom. The average Bonchev–Trinajstić information content (AvgIpc) is 3.41. The molecule has 0 bridgehead atoms. The number of fused-ring (bicyclic) bond motifs is 1. The Kier molecular flexibility index (Phi) is 7.75. The fourth-order valence-electron chi connectivity index (χ4n) is 3.12. The van der Waals surface area contributed by atoms with Crippen LogP contribution in [0.1, 0.15) is 12.8 Å². The summed E-state index contributed by atoms with van der Waals surface area (Å²) in [5.41, 5.74) is 0.818. The van der Waals surface area contributed by atoms with Crippen molar-refractivity contribution in [1.82, 2.24) is 30.4 Å². The van der Waals surface area contributed by atoms with Gasteiger partial charge in [-0.05, 0) is 25.0 Å². The molecule has 0 amide bonds. The summed E-state index contributed by atoms with van der Waals surface area (Å²) >= 11 is 1.96. The summed E-state index contributed by atoms with van der Waals surface area (Å²) in [4.78, 5) is 14.2. The number of hydrogen-bond acceptors (Lipinski definition) is 6. The van der Waals surface area contributed by atoms with Crippen LogP contribution in [0.25, 0.3) is 11.0 Å². The summed E-state index contributed by atoms with van der Waals surface area (Å²) in [6.07, 6.45) is 5.80. The SMILES string of the molecule is CN=C(NCCNc1ncnc2c1cnn2C)NCC1(Sc2ccccc2)CC1.I. The van der Waals surface area contributed by atoms with Gasteiger partial charge in [-0.2, -0.15) is 5.10 Å². The summed E-state index contributed by atoms with van der Waals surface area (Å²) < 4.78 is 2.03. The number of guanidine groups is 1. The normalized spacial score (nSPS) is 14.8. The number of halogens is 1. The molecule has 1 aliphatic rings. The first-order valence-electron chi connectivity index (χ1n) is 9.74. The number of hydrogen-bond donors (Lipinski definition) is 3. The van der Waals surface area contributed by atoms with Gasteiger partial charge in [0, 0.05) is 43.4 Å². The fraction of sp³-hybridized carbons (Fsp3) is 0.400. The van der Waals surface area contributed by atoms with E-state index in [2.05, 4.69) is 66.3 Å². The van der Waals surface area contributed by atoms with Crippen LogP contribution in [-0.4, -0.2) is 57.1 Å². The van der Waals surface area contributed by atoms with Crippen LogP contribution in [0.2, 0.25) is 0 Å². The molecule has 8 nitrogen and oxygen atoms in total. The Morgan fingerprint density at radius 1 is 1.17 bits per heavy atom. The van der Waals surface area contributed by atoms with Gasteiger partial charge in [-0.15, -0.1) is 35.7 Å². The number of nitrogens with one attached hydrogen (secondary N) is 3. The van der Waals surface area contributed by atoms with Gasteiger partial charge in [-0.1, -0.05) is 18.2 Å². The lowest BCUT2D eigenvalue weighted by Gasteiger charge is -2.18. The fourth-order valence-corrected chi connectivity index (χ4v) is 4.37. The smallest absolute Gasteiger partial charge is 0.191 e. The van der Waals surface area contributed by atoms with Crippen LogP contribution < -0.4 is 16.0 Å². The second kappa shape index (κ2) is 10.3. The maximum Gasteiger partial charge on any atom is 0.191 e. The minimum Gasteiger partial charge on any atom is -0.368 e. The molecule has 2 heterocycles. The Hall–Kier alpha value is -2.08. The molecule has 0 atom stereocenters. The number of aryl methyl sites for hydroxylation is 1. The number of aromatic nitrogens is 4. The van der Waals surface area contributed by atoms with Crippen molar-refractivity contribution in [2.75, 3.05) is 32.0 Å². The Morgan fingerprint density at radius 2 is 1.97 bits per heavy atom. The number of rotatable bonds is 8. The molecule has 30 heavy (non-hydrogen) atoms. The van der Waals surface area contributed by atoms with Gasteiger partial charge in [0.15, 0.2) is 11.6 Å². The lowest BCUT2D eigenvalue weighted by molar-refractivity contribution is 0.769. The van der Waals surface area contributed by atoms with Crippen molar-refractivity contribution in [2.24, 2.45) is 12.0 Å². The molecule has 1 fully saturated rings. The molecule has 3 aromatic rings. The van der Waals surface area contributed by atoms with E-state index in [9.17, 15) is 0 Å². The Bertz CT molecular complexity index is 987. The Labute approximate surface area is 197 Å². The van der Waals surface area contributed by atoms with E-state index < -0.39 is 0 Å². The van der Waals surface area contributed by atoms with Crippen molar-refractivity contribution in [2.45, 2.75) is 22.5 Å². The predicted molar refractivity (Wildman–Crippen MR) is 134 cm³/mol. The molecule has 0 spiro atoms. The van der Waals surface area contributed by atoms with Crippen molar-refractivity contribution >= 4 is 58.5 Å². The predicted octanol–water partition coefficient (Wildman–Crippen LogP) is 2.88. The molecule has 160 valence electrons. The second-order valence-electron chi connectivity index (χ2n) is 7.11. The van der Waals surface area contributed by atoms with Crippen LogP contribution in [0.5, 0.6) is 0 Å². The first kappa shape index (κ1) is 22.6. The maximum atomic E-state index is 4.34. The van der Waals surface area contributed by atoms with Crippen molar-refractivity contribution in [3.05, 3.63) is 42.9 Å². The van der Waals surface area contributed by atoms with Gasteiger partial charge in [-0.3, -0.25) is 9.67 Å². The van der Waals surface area contributed by atoms with Gasteiger partial charge >= 0.3 is 0 Å². The van der Waals surface area contributed by atoms with Gasteiger partial charge in [0.05, 0.1) is 11.6 Å². The third-order valence-corrected chi connectivity index (χ3v) is 6.42. The van der Waals surface area contributed by atoms with E-state index in [0.717, 1.165) is 35.9 Å². The van der Waals surface area contributed by atoms with Gasteiger partial charge in [0.25, 0.3) is 0 Å². The zero-order valence-electron chi connectivity index (χ0n) is 17.1.